The van der Waals surface area contributed by atoms with Gasteiger partial charge in [0, 0.05) is 6.54 Å². The monoisotopic (exact) mass is 297 g/mol. The minimum Gasteiger partial charge on any atom is -0.465 e. The lowest BCUT2D eigenvalue weighted by atomic mass is 9.97. The maximum atomic E-state index is 12.5. The summed E-state index contributed by atoms with van der Waals surface area (Å²) in [5, 5.41) is 0. The lowest BCUT2D eigenvalue weighted by Crippen LogP contribution is -2.24. The topological polar surface area (TPSA) is 52.3 Å². The van der Waals surface area contributed by atoms with Crippen molar-refractivity contribution in [1.82, 2.24) is 0 Å². The summed E-state index contributed by atoms with van der Waals surface area (Å²) in [6.07, 6.45) is -4.44. The first-order chi connectivity index (χ1) is 8.40. The summed E-state index contributed by atoms with van der Waals surface area (Å²) in [6.45, 7) is 1.69. The summed E-state index contributed by atoms with van der Waals surface area (Å²) in [5.41, 5.74) is 4.82. The van der Waals surface area contributed by atoms with E-state index in [0.717, 1.165) is 12.1 Å². The average Bonchev–Trinajstić information content (AvgIpc) is 2.29. The highest BCUT2D eigenvalue weighted by Gasteiger charge is 2.31. The molecular formula is C12H15ClF3NO2. The highest BCUT2D eigenvalue weighted by Crippen LogP contribution is 2.31. The first-order valence-electron chi connectivity index (χ1n) is 5.44. The predicted octanol–water partition coefficient (Wildman–Crippen LogP) is 2.73. The van der Waals surface area contributed by atoms with Gasteiger partial charge in [-0.05, 0) is 18.6 Å². The van der Waals surface area contributed by atoms with Crippen LogP contribution in [0.3, 0.4) is 0 Å². The summed E-state index contributed by atoms with van der Waals surface area (Å²) in [6, 6.07) is 4.56. The molecular weight excluding hydrogens is 283 g/mol. The lowest BCUT2D eigenvalue weighted by Gasteiger charge is -2.15. The van der Waals surface area contributed by atoms with Crippen LogP contribution in [0.5, 0.6) is 0 Å². The molecule has 0 aliphatic carbocycles. The van der Waals surface area contributed by atoms with E-state index in [2.05, 4.69) is 0 Å². The third-order valence-corrected chi connectivity index (χ3v) is 2.42. The second kappa shape index (κ2) is 7.35. The fourth-order valence-electron chi connectivity index (χ4n) is 1.54. The second-order valence-electron chi connectivity index (χ2n) is 3.66. The van der Waals surface area contributed by atoms with Gasteiger partial charge in [-0.25, -0.2) is 0 Å². The van der Waals surface area contributed by atoms with Gasteiger partial charge in [-0.1, -0.05) is 18.2 Å². The van der Waals surface area contributed by atoms with Gasteiger partial charge in [0.05, 0.1) is 18.1 Å². The molecule has 0 saturated carbocycles. The third-order valence-electron chi connectivity index (χ3n) is 2.42. The number of alkyl halides is 3. The van der Waals surface area contributed by atoms with Gasteiger partial charge in [-0.3, -0.25) is 4.79 Å². The zero-order chi connectivity index (χ0) is 13.8. The quantitative estimate of drug-likeness (QED) is 0.870. The van der Waals surface area contributed by atoms with Gasteiger partial charge in [0.1, 0.15) is 0 Å². The number of nitrogens with two attached hydrogens (primary N) is 1. The molecule has 0 aliphatic rings. The van der Waals surface area contributed by atoms with E-state index >= 15 is 0 Å². The molecule has 0 saturated heterocycles. The maximum Gasteiger partial charge on any atom is 0.416 e. The lowest BCUT2D eigenvalue weighted by molar-refractivity contribution is -0.145. The summed E-state index contributed by atoms with van der Waals surface area (Å²) in [4.78, 5) is 11.6. The number of carbonyl (C=O) groups is 1. The zero-order valence-corrected chi connectivity index (χ0v) is 11.1. The van der Waals surface area contributed by atoms with Crippen LogP contribution in [0.4, 0.5) is 13.2 Å². The molecule has 0 heterocycles. The van der Waals surface area contributed by atoms with Crippen molar-refractivity contribution in [3.05, 3.63) is 35.4 Å². The molecule has 2 N–H and O–H groups in total. The van der Waals surface area contributed by atoms with Crippen LogP contribution in [0.1, 0.15) is 24.0 Å². The largest absolute Gasteiger partial charge is 0.465 e. The van der Waals surface area contributed by atoms with Gasteiger partial charge in [-0.15, -0.1) is 12.4 Å². The van der Waals surface area contributed by atoms with E-state index in [4.69, 9.17) is 10.5 Å². The van der Waals surface area contributed by atoms with Gasteiger partial charge in [0.15, 0.2) is 0 Å². The van der Waals surface area contributed by atoms with Crippen molar-refractivity contribution >= 4 is 18.4 Å². The Morgan fingerprint density at radius 1 is 1.42 bits per heavy atom. The molecule has 0 bridgehead atoms. The number of carbonyl (C=O) groups excluding carboxylic acids is 1. The molecule has 0 aromatic heterocycles. The molecule has 0 fully saturated rings. The van der Waals surface area contributed by atoms with Gasteiger partial charge in [0.25, 0.3) is 0 Å². The van der Waals surface area contributed by atoms with E-state index < -0.39 is 23.6 Å². The molecule has 7 heteroatoms. The van der Waals surface area contributed by atoms with Crippen LogP contribution >= 0.6 is 12.4 Å². The summed E-state index contributed by atoms with van der Waals surface area (Å²) >= 11 is 0. The van der Waals surface area contributed by atoms with Crippen LogP contribution in [-0.2, 0) is 15.7 Å². The molecule has 0 radical (unpaired) electrons. The molecule has 1 atom stereocenters. The molecule has 1 aromatic rings. The Morgan fingerprint density at radius 2 is 2.05 bits per heavy atom. The minimum atomic E-state index is -4.44. The van der Waals surface area contributed by atoms with Crippen LogP contribution in [-0.4, -0.2) is 19.1 Å². The average molecular weight is 298 g/mol. The molecule has 1 unspecified atom stereocenters. The molecule has 0 amide bonds. The maximum absolute atomic E-state index is 12.5. The molecule has 19 heavy (non-hydrogen) atoms. The van der Waals surface area contributed by atoms with Gasteiger partial charge in [-0.2, -0.15) is 13.2 Å². The van der Waals surface area contributed by atoms with Gasteiger partial charge >= 0.3 is 12.1 Å². The van der Waals surface area contributed by atoms with Gasteiger partial charge < -0.3 is 10.5 Å². The fraction of sp³-hybridized carbons (Fsp3) is 0.417. The third kappa shape index (κ3) is 4.72. The van der Waals surface area contributed by atoms with Crippen molar-refractivity contribution in [2.24, 2.45) is 5.73 Å². The Hall–Kier alpha value is -1.27. The number of benzene rings is 1. The van der Waals surface area contributed by atoms with Crippen LogP contribution in [0.2, 0.25) is 0 Å². The highest BCUT2D eigenvalue weighted by atomic mass is 35.5. The van der Waals surface area contributed by atoms with E-state index in [-0.39, 0.29) is 31.1 Å². The SMILES string of the molecule is CCOC(=O)C(CN)c1cccc(C(F)(F)F)c1.Cl. The van der Waals surface area contributed by atoms with Crippen molar-refractivity contribution in [3.63, 3.8) is 0 Å². The van der Waals surface area contributed by atoms with Crippen molar-refractivity contribution in [1.29, 1.82) is 0 Å². The Balaban J connectivity index is 0.00000324. The Labute approximate surface area is 115 Å². The molecule has 3 nitrogen and oxygen atoms in total. The van der Waals surface area contributed by atoms with Gasteiger partial charge in [0.2, 0.25) is 0 Å². The molecule has 1 rings (SSSR count). The summed E-state index contributed by atoms with van der Waals surface area (Å²) in [7, 11) is 0. The number of halogens is 4. The minimum absolute atomic E-state index is 0. The number of rotatable bonds is 4. The van der Waals surface area contributed by atoms with Crippen molar-refractivity contribution in [3.8, 4) is 0 Å². The first-order valence-corrected chi connectivity index (χ1v) is 5.44. The molecule has 0 aliphatic heterocycles. The molecule has 1 aromatic carbocycles. The van der Waals surface area contributed by atoms with Crippen LogP contribution < -0.4 is 5.73 Å². The summed E-state index contributed by atoms with van der Waals surface area (Å²) in [5.74, 6) is -1.48. The predicted molar refractivity (Wildman–Crippen MR) is 67.1 cm³/mol. The normalized spacial score (nSPS) is 12.5. The Kier molecular flexibility index (Phi) is 6.86. The summed E-state index contributed by atoms with van der Waals surface area (Å²) < 4.78 is 42.4. The smallest absolute Gasteiger partial charge is 0.416 e. The number of hydrogen-bond acceptors (Lipinski definition) is 3. The van der Waals surface area contributed by atoms with Crippen LogP contribution in [0, 0.1) is 0 Å². The van der Waals surface area contributed by atoms with Crippen molar-refractivity contribution in [2.45, 2.75) is 19.0 Å². The van der Waals surface area contributed by atoms with Crippen LogP contribution in [0.15, 0.2) is 24.3 Å². The van der Waals surface area contributed by atoms with E-state index in [0.29, 0.717) is 0 Å². The van der Waals surface area contributed by atoms with E-state index in [9.17, 15) is 18.0 Å². The van der Waals surface area contributed by atoms with E-state index in [1.54, 1.807) is 6.92 Å². The zero-order valence-electron chi connectivity index (χ0n) is 10.2. The number of hydrogen-bond donors (Lipinski definition) is 1. The van der Waals surface area contributed by atoms with Crippen molar-refractivity contribution < 1.29 is 22.7 Å². The first kappa shape index (κ1) is 17.7. The number of esters is 1. The standard InChI is InChI=1S/C12H14F3NO2.ClH/c1-2-18-11(17)10(7-16)8-4-3-5-9(6-8)12(13,14)15;/h3-6,10H,2,7,16H2,1H3;1H. The fourth-order valence-corrected chi connectivity index (χ4v) is 1.54. The molecule has 0 spiro atoms. The number of ether oxygens (including phenoxy) is 1. The van der Waals surface area contributed by atoms with E-state index in [1.807, 2.05) is 0 Å². The molecule has 108 valence electrons. The van der Waals surface area contributed by atoms with E-state index in [1.165, 1.54) is 12.1 Å². The van der Waals surface area contributed by atoms with Crippen molar-refractivity contribution in [2.75, 3.05) is 13.2 Å². The second-order valence-corrected chi connectivity index (χ2v) is 3.66. The Morgan fingerprint density at radius 3 is 2.53 bits per heavy atom. The highest BCUT2D eigenvalue weighted by molar-refractivity contribution is 5.85. The van der Waals surface area contributed by atoms with Crippen LogP contribution in [0.25, 0.3) is 0 Å². The Bertz CT molecular complexity index is 424.